The number of rotatable bonds is 6. The Morgan fingerprint density at radius 3 is 2.74 bits per heavy atom. The molecule has 6 heteroatoms. The van der Waals surface area contributed by atoms with E-state index in [2.05, 4.69) is 27.3 Å². The van der Waals surface area contributed by atoms with Gasteiger partial charge in [-0.2, -0.15) is 0 Å². The van der Waals surface area contributed by atoms with Crippen LogP contribution in [0.2, 0.25) is 0 Å². The van der Waals surface area contributed by atoms with E-state index in [0.29, 0.717) is 12.6 Å². The van der Waals surface area contributed by atoms with Crippen molar-refractivity contribution in [3.63, 3.8) is 0 Å². The molecule has 1 aliphatic rings. The molecule has 1 saturated heterocycles. The Kier molecular flexibility index (Phi) is 6.80. The zero-order valence-electron chi connectivity index (χ0n) is 12.1. The first kappa shape index (κ1) is 15.9. The van der Waals surface area contributed by atoms with Gasteiger partial charge in [0.25, 0.3) is 0 Å². The molecular formula is C13H25N3O3. The van der Waals surface area contributed by atoms with E-state index in [1.165, 1.54) is 33.3 Å². The number of hydrogen-bond donors (Lipinski definition) is 2. The number of likely N-dealkylation sites (N-methyl/N-ethyl adjacent to an activating group) is 1. The topological polar surface area (TPSA) is 70.7 Å². The quantitative estimate of drug-likeness (QED) is 0.651. The number of carbonyl (C=O) groups excluding carboxylic acids is 2. The highest BCUT2D eigenvalue weighted by Crippen LogP contribution is 2.13. The molecule has 0 radical (unpaired) electrons. The molecule has 0 aromatic rings. The molecule has 1 aliphatic heterocycles. The highest BCUT2D eigenvalue weighted by Gasteiger charge is 2.22. The maximum Gasteiger partial charge on any atom is 0.329 e. The van der Waals surface area contributed by atoms with Crippen molar-refractivity contribution >= 4 is 11.9 Å². The molecule has 2 atom stereocenters. The molecular weight excluding hydrogens is 246 g/mol. The number of piperidine rings is 1. The van der Waals surface area contributed by atoms with Crippen LogP contribution in [0.25, 0.3) is 0 Å². The average molecular weight is 271 g/mol. The van der Waals surface area contributed by atoms with Gasteiger partial charge < -0.3 is 20.3 Å². The van der Waals surface area contributed by atoms with E-state index >= 15 is 0 Å². The van der Waals surface area contributed by atoms with Gasteiger partial charge in [-0.15, -0.1) is 0 Å². The van der Waals surface area contributed by atoms with Crippen LogP contribution in [0.4, 0.5) is 0 Å². The Labute approximate surface area is 114 Å². The molecule has 2 unspecified atom stereocenters. The number of carbonyl (C=O) groups is 2. The SMILES string of the molecule is COC(=O)C(CNCC1CCCCN1C)NC(C)=O. The molecule has 0 bridgehead atoms. The summed E-state index contributed by atoms with van der Waals surface area (Å²) in [6, 6.07) is -0.110. The van der Waals surface area contributed by atoms with E-state index in [0.717, 1.165) is 13.1 Å². The summed E-state index contributed by atoms with van der Waals surface area (Å²) in [7, 11) is 3.45. The zero-order valence-corrected chi connectivity index (χ0v) is 12.1. The third-order valence-electron chi connectivity index (χ3n) is 3.51. The minimum Gasteiger partial charge on any atom is -0.467 e. The number of hydrogen-bond acceptors (Lipinski definition) is 5. The Morgan fingerprint density at radius 1 is 1.42 bits per heavy atom. The fourth-order valence-corrected chi connectivity index (χ4v) is 2.38. The summed E-state index contributed by atoms with van der Waals surface area (Å²) in [6.45, 7) is 3.74. The molecule has 0 aliphatic carbocycles. The molecule has 1 fully saturated rings. The minimum absolute atomic E-state index is 0.230. The van der Waals surface area contributed by atoms with Gasteiger partial charge in [-0.3, -0.25) is 4.79 Å². The average Bonchev–Trinajstić information content (AvgIpc) is 2.38. The normalized spacial score (nSPS) is 21.7. The van der Waals surface area contributed by atoms with Crippen LogP contribution in [0.1, 0.15) is 26.2 Å². The Bertz CT molecular complexity index is 310. The van der Waals surface area contributed by atoms with Crippen molar-refractivity contribution in [3.05, 3.63) is 0 Å². The number of nitrogens with zero attached hydrogens (tertiary/aromatic N) is 1. The first-order chi connectivity index (χ1) is 9.04. The van der Waals surface area contributed by atoms with E-state index in [4.69, 9.17) is 0 Å². The van der Waals surface area contributed by atoms with Crippen LogP contribution in [0.3, 0.4) is 0 Å². The smallest absolute Gasteiger partial charge is 0.329 e. The summed E-state index contributed by atoms with van der Waals surface area (Å²) >= 11 is 0. The second-order valence-corrected chi connectivity index (χ2v) is 5.06. The van der Waals surface area contributed by atoms with Crippen LogP contribution in [-0.4, -0.2) is 62.7 Å². The lowest BCUT2D eigenvalue weighted by atomic mass is 10.0. The molecule has 0 saturated carbocycles. The standard InChI is InChI=1S/C13H25N3O3/c1-10(17)15-12(13(18)19-3)9-14-8-11-6-4-5-7-16(11)2/h11-12,14H,4-9H2,1-3H3,(H,15,17). The highest BCUT2D eigenvalue weighted by molar-refractivity contribution is 5.83. The van der Waals surface area contributed by atoms with Crippen molar-refractivity contribution in [1.29, 1.82) is 0 Å². The first-order valence-corrected chi connectivity index (χ1v) is 6.80. The summed E-state index contributed by atoms with van der Waals surface area (Å²) in [5.74, 6) is -0.647. The van der Waals surface area contributed by atoms with Crippen LogP contribution in [0.5, 0.6) is 0 Å². The lowest BCUT2D eigenvalue weighted by Gasteiger charge is -2.32. The summed E-state index contributed by atoms with van der Waals surface area (Å²) in [5.41, 5.74) is 0. The van der Waals surface area contributed by atoms with Crippen molar-refractivity contribution in [1.82, 2.24) is 15.5 Å². The van der Waals surface area contributed by atoms with Crippen LogP contribution < -0.4 is 10.6 Å². The summed E-state index contributed by atoms with van der Waals surface area (Å²) in [4.78, 5) is 24.9. The predicted octanol–water partition coefficient (Wildman–Crippen LogP) is -0.262. The molecule has 0 aromatic heterocycles. The lowest BCUT2D eigenvalue weighted by Crippen LogP contribution is -2.50. The lowest BCUT2D eigenvalue weighted by molar-refractivity contribution is -0.144. The van der Waals surface area contributed by atoms with Gasteiger partial charge in [-0.05, 0) is 26.4 Å². The second kappa shape index (κ2) is 8.12. The molecule has 0 spiro atoms. The minimum atomic E-state index is -0.614. The maximum absolute atomic E-state index is 11.5. The molecule has 0 aromatic carbocycles. The van der Waals surface area contributed by atoms with Gasteiger partial charge in [0.05, 0.1) is 7.11 Å². The predicted molar refractivity (Wildman–Crippen MR) is 72.8 cm³/mol. The van der Waals surface area contributed by atoms with Crippen molar-refractivity contribution in [3.8, 4) is 0 Å². The summed E-state index contributed by atoms with van der Waals surface area (Å²) in [6.07, 6.45) is 3.68. The van der Waals surface area contributed by atoms with Crippen molar-refractivity contribution in [2.24, 2.45) is 0 Å². The third-order valence-corrected chi connectivity index (χ3v) is 3.51. The monoisotopic (exact) mass is 271 g/mol. The van der Waals surface area contributed by atoms with Crippen molar-refractivity contribution in [2.45, 2.75) is 38.3 Å². The van der Waals surface area contributed by atoms with E-state index < -0.39 is 12.0 Å². The Balaban J connectivity index is 2.34. The van der Waals surface area contributed by atoms with E-state index in [-0.39, 0.29) is 5.91 Å². The number of esters is 1. The van der Waals surface area contributed by atoms with Gasteiger partial charge in [-0.1, -0.05) is 6.42 Å². The number of likely N-dealkylation sites (tertiary alicyclic amines) is 1. The van der Waals surface area contributed by atoms with Gasteiger partial charge in [-0.25, -0.2) is 4.79 Å². The van der Waals surface area contributed by atoms with Crippen molar-refractivity contribution < 1.29 is 14.3 Å². The maximum atomic E-state index is 11.5. The molecule has 6 nitrogen and oxygen atoms in total. The number of nitrogens with one attached hydrogen (secondary N) is 2. The molecule has 2 N–H and O–H groups in total. The van der Waals surface area contributed by atoms with E-state index in [1.54, 1.807) is 0 Å². The van der Waals surface area contributed by atoms with E-state index in [1.807, 2.05) is 0 Å². The molecule has 1 rings (SSSR count). The highest BCUT2D eigenvalue weighted by atomic mass is 16.5. The van der Waals surface area contributed by atoms with Gasteiger partial charge in [0.2, 0.25) is 5.91 Å². The number of amides is 1. The molecule has 1 heterocycles. The van der Waals surface area contributed by atoms with Crippen LogP contribution >= 0.6 is 0 Å². The van der Waals surface area contributed by atoms with Crippen molar-refractivity contribution in [2.75, 3.05) is 33.8 Å². The van der Waals surface area contributed by atoms with Gasteiger partial charge in [0.15, 0.2) is 0 Å². The fraction of sp³-hybridized carbons (Fsp3) is 0.846. The zero-order chi connectivity index (χ0) is 14.3. The van der Waals surface area contributed by atoms with Crippen LogP contribution in [0, 0.1) is 0 Å². The number of methoxy groups -OCH3 is 1. The number of ether oxygens (including phenoxy) is 1. The molecule has 19 heavy (non-hydrogen) atoms. The Hall–Kier alpha value is -1.14. The summed E-state index contributed by atoms with van der Waals surface area (Å²) in [5, 5.41) is 5.84. The second-order valence-electron chi connectivity index (χ2n) is 5.06. The van der Waals surface area contributed by atoms with Crippen LogP contribution in [0.15, 0.2) is 0 Å². The van der Waals surface area contributed by atoms with Gasteiger partial charge in [0.1, 0.15) is 6.04 Å². The fourth-order valence-electron chi connectivity index (χ4n) is 2.38. The summed E-state index contributed by atoms with van der Waals surface area (Å²) < 4.78 is 4.67. The van der Waals surface area contributed by atoms with Gasteiger partial charge in [0, 0.05) is 26.1 Å². The third kappa shape index (κ3) is 5.57. The molecule has 1 amide bonds. The van der Waals surface area contributed by atoms with E-state index in [9.17, 15) is 9.59 Å². The first-order valence-electron chi connectivity index (χ1n) is 6.80. The Morgan fingerprint density at radius 2 is 2.16 bits per heavy atom. The van der Waals surface area contributed by atoms with Crippen LogP contribution in [-0.2, 0) is 14.3 Å². The van der Waals surface area contributed by atoms with Gasteiger partial charge >= 0.3 is 5.97 Å². The molecule has 110 valence electrons. The largest absolute Gasteiger partial charge is 0.467 e.